The van der Waals surface area contributed by atoms with Gasteiger partial charge in [0.1, 0.15) is 5.82 Å². The molecule has 0 bridgehead atoms. The SMILES string of the molecule is CCc1ccc(C(CO)NC(=O)c2ccnc(N(C)C)c2)cc1. The number of anilines is 1. The van der Waals surface area contributed by atoms with Crippen LogP contribution in [0.25, 0.3) is 0 Å². The Morgan fingerprint density at radius 1 is 1.26 bits per heavy atom. The normalized spacial score (nSPS) is 11.8. The van der Waals surface area contributed by atoms with E-state index in [1.807, 2.05) is 43.3 Å². The monoisotopic (exact) mass is 313 g/mol. The summed E-state index contributed by atoms with van der Waals surface area (Å²) in [4.78, 5) is 18.4. The first-order valence-electron chi connectivity index (χ1n) is 7.69. The van der Waals surface area contributed by atoms with Gasteiger partial charge in [-0.05, 0) is 29.7 Å². The molecule has 0 saturated carbocycles. The summed E-state index contributed by atoms with van der Waals surface area (Å²) in [7, 11) is 3.74. The number of aliphatic hydroxyl groups excluding tert-OH is 1. The van der Waals surface area contributed by atoms with Crippen LogP contribution < -0.4 is 10.2 Å². The van der Waals surface area contributed by atoms with Gasteiger partial charge >= 0.3 is 0 Å². The number of aliphatic hydroxyl groups is 1. The molecule has 1 heterocycles. The molecule has 1 unspecified atom stereocenters. The zero-order valence-corrected chi connectivity index (χ0v) is 13.8. The van der Waals surface area contributed by atoms with E-state index in [-0.39, 0.29) is 12.5 Å². The lowest BCUT2D eigenvalue weighted by molar-refractivity contribution is 0.0916. The highest BCUT2D eigenvalue weighted by Gasteiger charge is 2.15. The Balaban J connectivity index is 2.14. The maximum absolute atomic E-state index is 12.4. The molecule has 23 heavy (non-hydrogen) atoms. The number of nitrogens with one attached hydrogen (secondary N) is 1. The first-order valence-corrected chi connectivity index (χ1v) is 7.69. The molecule has 0 spiro atoms. The van der Waals surface area contributed by atoms with Gasteiger partial charge in [0, 0.05) is 25.9 Å². The molecule has 0 aliphatic carbocycles. The Hall–Kier alpha value is -2.40. The van der Waals surface area contributed by atoms with Gasteiger partial charge in [0.2, 0.25) is 0 Å². The molecule has 1 amide bonds. The van der Waals surface area contributed by atoms with Crippen LogP contribution in [0.15, 0.2) is 42.6 Å². The second-order valence-electron chi connectivity index (χ2n) is 5.60. The minimum absolute atomic E-state index is 0.150. The zero-order chi connectivity index (χ0) is 16.8. The minimum Gasteiger partial charge on any atom is -0.394 e. The molecule has 1 atom stereocenters. The molecular formula is C18H23N3O2. The van der Waals surface area contributed by atoms with Gasteiger partial charge in [0.25, 0.3) is 5.91 Å². The Labute approximate surface area is 137 Å². The number of aryl methyl sites for hydroxylation is 1. The third-order valence-corrected chi connectivity index (χ3v) is 3.74. The van der Waals surface area contributed by atoms with Gasteiger partial charge in [-0.2, -0.15) is 0 Å². The predicted octanol–water partition coefficient (Wildman–Crippen LogP) is 2.17. The summed E-state index contributed by atoms with van der Waals surface area (Å²) in [6.07, 6.45) is 2.56. The Morgan fingerprint density at radius 2 is 1.96 bits per heavy atom. The fourth-order valence-electron chi connectivity index (χ4n) is 2.27. The highest BCUT2D eigenvalue weighted by atomic mass is 16.3. The smallest absolute Gasteiger partial charge is 0.252 e. The highest BCUT2D eigenvalue weighted by molar-refractivity contribution is 5.95. The van der Waals surface area contributed by atoms with Crippen molar-refractivity contribution in [2.24, 2.45) is 0 Å². The number of pyridine rings is 1. The predicted molar refractivity (Wildman–Crippen MR) is 91.7 cm³/mol. The van der Waals surface area contributed by atoms with Crippen LogP contribution in [0.2, 0.25) is 0 Å². The number of hydrogen-bond acceptors (Lipinski definition) is 4. The van der Waals surface area contributed by atoms with Gasteiger partial charge in [0.05, 0.1) is 12.6 Å². The molecular weight excluding hydrogens is 290 g/mol. The molecule has 0 saturated heterocycles. The maximum atomic E-state index is 12.4. The van der Waals surface area contributed by atoms with Crippen molar-refractivity contribution >= 4 is 11.7 Å². The molecule has 5 heteroatoms. The van der Waals surface area contributed by atoms with Crippen LogP contribution in [0, 0.1) is 0 Å². The molecule has 0 fully saturated rings. The van der Waals surface area contributed by atoms with Crippen LogP contribution in [0.3, 0.4) is 0 Å². The number of carbonyl (C=O) groups is 1. The number of nitrogens with zero attached hydrogens (tertiary/aromatic N) is 2. The summed E-state index contributed by atoms with van der Waals surface area (Å²) in [6, 6.07) is 10.9. The van der Waals surface area contributed by atoms with Crippen LogP contribution >= 0.6 is 0 Å². The Morgan fingerprint density at radius 3 is 2.52 bits per heavy atom. The standard InChI is InChI=1S/C18H23N3O2/c1-4-13-5-7-14(8-6-13)16(12-22)20-18(23)15-9-10-19-17(11-15)21(2)3/h5-11,16,22H,4,12H2,1-3H3,(H,20,23). The van der Waals surface area contributed by atoms with Crippen molar-refractivity contribution < 1.29 is 9.90 Å². The second kappa shape index (κ2) is 7.74. The molecule has 0 aliphatic rings. The summed E-state index contributed by atoms with van der Waals surface area (Å²) in [6.45, 7) is 1.94. The van der Waals surface area contributed by atoms with Gasteiger partial charge in [-0.1, -0.05) is 31.2 Å². The van der Waals surface area contributed by atoms with E-state index in [1.54, 1.807) is 18.3 Å². The van der Waals surface area contributed by atoms with Gasteiger partial charge in [-0.3, -0.25) is 4.79 Å². The molecule has 5 nitrogen and oxygen atoms in total. The van der Waals surface area contributed by atoms with Crippen molar-refractivity contribution in [2.45, 2.75) is 19.4 Å². The molecule has 2 rings (SSSR count). The lowest BCUT2D eigenvalue weighted by atomic mass is 10.0. The van der Waals surface area contributed by atoms with E-state index < -0.39 is 6.04 Å². The van der Waals surface area contributed by atoms with Gasteiger partial charge in [-0.25, -0.2) is 4.98 Å². The third-order valence-electron chi connectivity index (χ3n) is 3.74. The third kappa shape index (κ3) is 4.29. The van der Waals surface area contributed by atoms with Crippen molar-refractivity contribution in [2.75, 3.05) is 25.6 Å². The Kier molecular flexibility index (Phi) is 5.71. The largest absolute Gasteiger partial charge is 0.394 e. The van der Waals surface area contributed by atoms with Crippen LogP contribution in [0.5, 0.6) is 0 Å². The van der Waals surface area contributed by atoms with E-state index in [4.69, 9.17) is 0 Å². The number of benzene rings is 1. The molecule has 1 aromatic heterocycles. The zero-order valence-electron chi connectivity index (χ0n) is 13.8. The molecule has 122 valence electrons. The van der Waals surface area contributed by atoms with Gasteiger partial charge in [0.15, 0.2) is 0 Å². The van der Waals surface area contributed by atoms with Crippen LogP contribution in [-0.4, -0.2) is 36.7 Å². The number of amides is 1. The average molecular weight is 313 g/mol. The van der Waals surface area contributed by atoms with Gasteiger partial charge < -0.3 is 15.3 Å². The fourth-order valence-corrected chi connectivity index (χ4v) is 2.27. The number of hydrogen-bond donors (Lipinski definition) is 2. The lowest BCUT2D eigenvalue weighted by Crippen LogP contribution is -2.31. The van der Waals surface area contributed by atoms with Gasteiger partial charge in [-0.15, -0.1) is 0 Å². The van der Waals surface area contributed by atoms with Crippen molar-refractivity contribution in [3.63, 3.8) is 0 Å². The van der Waals surface area contributed by atoms with Crippen LogP contribution in [0.1, 0.15) is 34.5 Å². The first kappa shape index (κ1) is 17.0. The number of rotatable bonds is 6. The molecule has 1 aromatic carbocycles. The van der Waals surface area contributed by atoms with E-state index in [0.717, 1.165) is 12.0 Å². The van der Waals surface area contributed by atoms with Crippen molar-refractivity contribution in [1.82, 2.24) is 10.3 Å². The van der Waals surface area contributed by atoms with E-state index in [0.29, 0.717) is 11.4 Å². The van der Waals surface area contributed by atoms with E-state index >= 15 is 0 Å². The summed E-state index contributed by atoms with van der Waals surface area (Å²) in [5.74, 6) is 0.486. The minimum atomic E-state index is -0.427. The average Bonchev–Trinajstić information content (AvgIpc) is 2.59. The molecule has 0 radical (unpaired) electrons. The number of carbonyl (C=O) groups excluding carboxylic acids is 1. The quantitative estimate of drug-likeness (QED) is 0.858. The molecule has 2 N–H and O–H groups in total. The van der Waals surface area contributed by atoms with Crippen molar-refractivity contribution in [1.29, 1.82) is 0 Å². The molecule has 2 aromatic rings. The topological polar surface area (TPSA) is 65.5 Å². The second-order valence-corrected chi connectivity index (χ2v) is 5.60. The van der Waals surface area contributed by atoms with Crippen LogP contribution in [-0.2, 0) is 6.42 Å². The van der Waals surface area contributed by atoms with Crippen molar-refractivity contribution in [3.8, 4) is 0 Å². The van der Waals surface area contributed by atoms with E-state index in [2.05, 4.69) is 17.2 Å². The maximum Gasteiger partial charge on any atom is 0.252 e. The first-order chi connectivity index (χ1) is 11.0. The van der Waals surface area contributed by atoms with E-state index in [9.17, 15) is 9.90 Å². The molecule has 0 aliphatic heterocycles. The van der Waals surface area contributed by atoms with Crippen LogP contribution in [0.4, 0.5) is 5.82 Å². The lowest BCUT2D eigenvalue weighted by Gasteiger charge is -2.18. The summed E-state index contributed by atoms with van der Waals surface area (Å²) < 4.78 is 0. The number of aromatic nitrogens is 1. The summed E-state index contributed by atoms with van der Waals surface area (Å²) in [5.41, 5.74) is 2.63. The fraction of sp³-hybridized carbons (Fsp3) is 0.333. The summed E-state index contributed by atoms with van der Waals surface area (Å²) >= 11 is 0. The van der Waals surface area contributed by atoms with Crippen molar-refractivity contribution in [3.05, 3.63) is 59.3 Å². The summed E-state index contributed by atoms with van der Waals surface area (Å²) in [5, 5.41) is 12.5. The Bertz CT molecular complexity index is 654. The highest BCUT2D eigenvalue weighted by Crippen LogP contribution is 2.16. The van der Waals surface area contributed by atoms with E-state index in [1.165, 1.54) is 5.56 Å².